The van der Waals surface area contributed by atoms with Crippen LogP contribution in [0.25, 0.3) is 0 Å². The van der Waals surface area contributed by atoms with Crippen molar-refractivity contribution in [1.29, 1.82) is 0 Å². The highest BCUT2D eigenvalue weighted by Crippen LogP contribution is 2.86. The third kappa shape index (κ3) is 2.25. The summed E-state index contributed by atoms with van der Waals surface area (Å²) in [4.78, 5) is 12.9. The highest BCUT2D eigenvalue weighted by molar-refractivity contribution is 8.18. The second kappa shape index (κ2) is 5.57. The fourth-order valence-electron chi connectivity index (χ4n) is 6.56. The molecule has 5 atom stereocenters. The van der Waals surface area contributed by atoms with E-state index in [0.717, 1.165) is 42.3 Å². The minimum atomic E-state index is 0.0536. The Bertz CT molecular complexity index is 511. The Hall–Kier alpha value is 0.130. The summed E-state index contributed by atoms with van der Waals surface area (Å²) in [5, 5.41) is 3.30. The molecular weight excluding hydrogens is 324 g/mol. The van der Waals surface area contributed by atoms with Crippen LogP contribution in [0.1, 0.15) is 46.0 Å². The summed E-state index contributed by atoms with van der Waals surface area (Å²) in [6.07, 6.45) is 6.60. The number of carbonyl (C=O) groups excluding carboxylic acids is 1. The second-order valence-electron chi connectivity index (χ2n) is 8.61. The fraction of sp³-hybridized carbons (Fsp3) is 0.944. The van der Waals surface area contributed by atoms with E-state index in [1.807, 2.05) is 23.5 Å². The van der Waals surface area contributed by atoms with Gasteiger partial charge in [-0.25, -0.2) is 0 Å². The van der Waals surface area contributed by atoms with Crippen molar-refractivity contribution in [1.82, 2.24) is 5.32 Å². The molecule has 1 amide bonds. The average Bonchev–Trinajstić information content (AvgIpc) is 2.98. The zero-order chi connectivity index (χ0) is 16.3. The van der Waals surface area contributed by atoms with Crippen molar-refractivity contribution in [3.63, 3.8) is 0 Å². The summed E-state index contributed by atoms with van der Waals surface area (Å²) in [6, 6.07) is 0. The van der Waals surface area contributed by atoms with Crippen LogP contribution in [-0.4, -0.2) is 34.6 Å². The predicted molar refractivity (Wildman–Crippen MR) is 99.5 cm³/mol. The summed E-state index contributed by atoms with van der Waals surface area (Å²) in [5.74, 6) is 5.05. The minimum Gasteiger partial charge on any atom is -0.355 e. The molecule has 2 bridgehead atoms. The normalized spacial score (nSPS) is 42.8. The molecule has 0 aromatic heterocycles. The summed E-state index contributed by atoms with van der Waals surface area (Å²) in [6.45, 7) is 6.05. The lowest BCUT2D eigenvalue weighted by Crippen LogP contribution is -2.71. The topological polar surface area (TPSA) is 55.1 Å². The van der Waals surface area contributed by atoms with Crippen molar-refractivity contribution in [2.75, 3.05) is 24.6 Å². The maximum atomic E-state index is 12.9. The number of thioether (sulfide) groups is 2. The first-order chi connectivity index (χ1) is 10.9. The maximum absolute atomic E-state index is 12.9. The second-order valence-corrected chi connectivity index (χ2v) is 12.3. The van der Waals surface area contributed by atoms with Gasteiger partial charge < -0.3 is 11.1 Å². The van der Waals surface area contributed by atoms with Crippen molar-refractivity contribution in [3.05, 3.63) is 0 Å². The van der Waals surface area contributed by atoms with Crippen LogP contribution < -0.4 is 11.1 Å². The molecule has 5 heteroatoms. The summed E-state index contributed by atoms with van der Waals surface area (Å²) < 4.78 is 0.189. The lowest BCUT2D eigenvalue weighted by Gasteiger charge is -2.71. The number of fused-ring (bicyclic) bond motifs is 1. The van der Waals surface area contributed by atoms with Gasteiger partial charge in [0.1, 0.15) is 0 Å². The largest absolute Gasteiger partial charge is 0.355 e. The van der Waals surface area contributed by atoms with E-state index in [1.165, 1.54) is 32.1 Å². The molecule has 4 saturated carbocycles. The summed E-state index contributed by atoms with van der Waals surface area (Å²) in [5.41, 5.74) is 6.11. The highest BCUT2D eigenvalue weighted by atomic mass is 32.2. The molecule has 4 aliphatic carbocycles. The Morgan fingerprint density at radius 3 is 2.65 bits per heavy atom. The maximum Gasteiger partial charge on any atom is 0.226 e. The van der Waals surface area contributed by atoms with Crippen LogP contribution in [0.3, 0.4) is 0 Å². The molecule has 130 valence electrons. The van der Waals surface area contributed by atoms with E-state index in [0.29, 0.717) is 11.3 Å². The number of nitrogens with one attached hydrogen (secondary N) is 1. The molecule has 5 unspecified atom stereocenters. The molecule has 0 saturated heterocycles. The molecule has 0 heterocycles. The summed E-state index contributed by atoms with van der Waals surface area (Å²) in [7, 11) is 0. The fourth-order valence-corrected chi connectivity index (χ4v) is 8.70. The molecule has 4 rings (SSSR count). The first-order valence-corrected chi connectivity index (χ1v) is 11.2. The van der Waals surface area contributed by atoms with Crippen LogP contribution >= 0.6 is 23.5 Å². The van der Waals surface area contributed by atoms with Gasteiger partial charge in [-0.1, -0.05) is 0 Å². The van der Waals surface area contributed by atoms with E-state index in [1.54, 1.807) is 0 Å². The van der Waals surface area contributed by atoms with Gasteiger partial charge >= 0.3 is 0 Å². The molecule has 0 radical (unpaired) electrons. The van der Waals surface area contributed by atoms with Gasteiger partial charge in [-0.2, -0.15) is 0 Å². The van der Waals surface area contributed by atoms with Crippen molar-refractivity contribution < 1.29 is 4.79 Å². The van der Waals surface area contributed by atoms with Gasteiger partial charge in [0, 0.05) is 24.6 Å². The van der Waals surface area contributed by atoms with Crippen LogP contribution in [0.4, 0.5) is 0 Å². The first-order valence-electron chi connectivity index (χ1n) is 9.20. The Morgan fingerprint density at radius 2 is 1.96 bits per heavy atom. The molecule has 0 aromatic rings. The molecule has 3 nitrogen and oxygen atoms in total. The van der Waals surface area contributed by atoms with Crippen LogP contribution in [0, 0.1) is 28.6 Å². The number of hydrogen-bond donors (Lipinski definition) is 2. The van der Waals surface area contributed by atoms with Gasteiger partial charge in [0.15, 0.2) is 0 Å². The molecular formula is C18H30N2OS2. The van der Waals surface area contributed by atoms with Gasteiger partial charge in [0.2, 0.25) is 5.91 Å². The van der Waals surface area contributed by atoms with E-state index in [-0.39, 0.29) is 9.49 Å². The van der Waals surface area contributed by atoms with Gasteiger partial charge in [-0.15, -0.1) is 23.5 Å². The molecule has 1 spiro atoms. The van der Waals surface area contributed by atoms with Crippen molar-refractivity contribution >= 4 is 29.4 Å². The Kier molecular flexibility index (Phi) is 4.02. The molecule has 0 aromatic carbocycles. The SMILES string of the molecule is CC(C)(SCCN)SCCNC(=O)C12CC3CC4CC(C1)C42C3. The van der Waals surface area contributed by atoms with E-state index in [4.69, 9.17) is 5.73 Å². The molecule has 23 heavy (non-hydrogen) atoms. The smallest absolute Gasteiger partial charge is 0.226 e. The standard InChI is InChI=1S/C18H30N2OS2/c1-16(2,22-5-3-19)23-6-4-20-15(21)17-9-12-7-13-8-14(11-17)18(13,17)10-12/h12-14H,3-11,19H2,1-2H3,(H,20,21). The lowest BCUT2D eigenvalue weighted by atomic mass is 9.32. The van der Waals surface area contributed by atoms with Gasteiger partial charge in [-0.05, 0) is 69.1 Å². The van der Waals surface area contributed by atoms with E-state index in [9.17, 15) is 4.79 Å². The van der Waals surface area contributed by atoms with Crippen LogP contribution in [0.2, 0.25) is 0 Å². The number of amides is 1. The molecule has 0 aliphatic heterocycles. The molecule has 4 fully saturated rings. The average molecular weight is 355 g/mol. The van der Waals surface area contributed by atoms with Crippen molar-refractivity contribution in [2.24, 2.45) is 34.3 Å². The lowest BCUT2D eigenvalue weighted by molar-refractivity contribution is -0.237. The van der Waals surface area contributed by atoms with E-state index in [2.05, 4.69) is 19.2 Å². The Morgan fingerprint density at radius 1 is 1.17 bits per heavy atom. The number of carbonyl (C=O) groups is 1. The number of rotatable bonds is 8. The van der Waals surface area contributed by atoms with E-state index < -0.39 is 0 Å². The number of hydrogen-bond acceptors (Lipinski definition) is 4. The van der Waals surface area contributed by atoms with Crippen molar-refractivity contribution in [3.8, 4) is 0 Å². The molecule has 4 aliphatic rings. The van der Waals surface area contributed by atoms with Crippen LogP contribution in [-0.2, 0) is 4.79 Å². The first kappa shape index (κ1) is 16.6. The van der Waals surface area contributed by atoms with E-state index >= 15 is 0 Å². The summed E-state index contributed by atoms with van der Waals surface area (Å²) >= 11 is 3.85. The van der Waals surface area contributed by atoms with Gasteiger partial charge in [-0.3, -0.25) is 4.79 Å². The minimum absolute atomic E-state index is 0.0536. The monoisotopic (exact) mass is 354 g/mol. The third-order valence-corrected chi connectivity index (χ3v) is 10.2. The Balaban J connectivity index is 1.26. The third-order valence-electron chi connectivity index (χ3n) is 7.23. The highest BCUT2D eigenvalue weighted by Gasteiger charge is 2.82. The van der Waals surface area contributed by atoms with Crippen LogP contribution in [0.5, 0.6) is 0 Å². The Labute approximate surface area is 148 Å². The quantitative estimate of drug-likeness (QED) is 0.519. The molecule has 3 N–H and O–H groups in total. The van der Waals surface area contributed by atoms with Gasteiger partial charge in [0.05, 0.1) is 9.49 Å². The predicted octanol–water partition coefficient (Wildman–Crippen LogP) is 3.09. The number of nitrogens with two attached hydrogens (primary N) is 1. The van der Waals surface area contributed by atoms with Crippen LogP contribution in [0.15, 0.2) is 0 Å². The zero-order valence-corrected chi connectivity index (χ0v) is 16.0. The van der Waals surface area contributed by atoms with Crippen molar-refractivity contribution in [2.45, 2.75) is 50.0 Å². The van der Waals surface area contributed by atoms with Gasteiger partial charge in [0.25, 0.3) is 0 Å². The zero-order valence-electron chi connectivity index (χ0n) is 14.4.